The Hall–Kier alpha value is -0.500. The van der Waals surface area contributed by atoms with Crippen LogP contribution in [0.15, 0.2) is 0 Å². The first-order chi connectivity index (χ1) is 7.47. The van der Waals surface area contributed by atoms with E-state index in [0.29, 0.717) is 6.42 Å². The minimum absolute atomic E-state index is 0.188. The Morgan fingerprint density at radius 2 is 1.31 bits per heavy atom. The third kappa shape index (κ3) is 23.4. The summed E-state index contributed by atoms with van der Waals surface area (Å²) in [4.78, 5) is 0. The van der Waals surface area contributed by atoms with Crippen molar-refractivity contribution in [2.45, 2.75) is 19.2 Å². The minimum atomic E-state index is -4.62. The number of halogens is 6. The first-order valence-corrected chi connectivity index (χ1v) is 4.44. The van der Waals surface area contributed by atoms with Crippen LogP contribution in [0.25, 0.3) is 0 Å². The summed E-state index contributed by atoms with van der Waals surface area (Å²) in [6, 6.07) is 0. The van der Waals surface area contributed by atoms with Gasteiger partial charge in [0, 0.05) is 0 Å². The summed E-state index contributed by atoms with van der Waals surface area (Å²) in [6.45, 7) is -2.43. The molecule has 0 saturated heterocycles. The van der Waals surface area contributed by atoms with E-state index in [9.17, 15) is 26.3 Å². The molecule has 0 amide bonds. The van der Waals surface area contributed by atoms with Crippen molar-refractivity contribution in [3.8, 4) is 0 Å². The Bertz CT molecular complexity index is 126. The summed E-state index contributed by atoms with van der Waals surface area (Å²) in [6.07, 6.45) is -4.53. The van der Waals surface area contributed by atoms with Gasteiger partial charge in [0.1, 0.15) is 0 Å². The van der Waals surface area contributed by atoms with Gasteiger partial charge in [0.05, 0.1) is 26.6 Å². The van der Waals surface area contributed by atoms with E-state index < -0.39 is 33.2 Å². The first-order valence-electron chi connectivity index (χ1n) is 4.44. The van der Waals surface area contributed by atoms with E-state index in [1.165, 1.54) is 0 Å². The largest absolute Gasteiger partial charge is 0.522 e. The van der Waals surface area contributed by atoms with Crippen LogP contribution < -0.4 is 0 Å². The van der Waals surface area contributed by atoms with Gasteiger partial charge in [-0.25, -0.2) is 4.39 Å². The van der Waals surface area contributed by atoms with Crippen LogP contribution in [0.4, 0.5) is 26.3 Å². The van der Waals surface area contributed by atoms with Crippen molar-refractivity contribution in [3.63, 3.8) is 0 Å². The highest BCUT2D eigenvalue weighted by Gasteiger charge is 2.28. The van der Waals surface area contributed by atoms with Crippen molar-refractivity contribution in [3.05, 3.63) is 0 Å². The highest BCUT2D eigenvalue weighted by molar-refractivity contribution is 4.32. The molecular weight excluding hydrogens is 242 g/mol. The minimum Gasteiger partial charge on any atom is -0.350 e. The third-order valence-corrected chi connectivity index (χ3v) is 1.04. The lowest BCUT2D eigenvalue weighted by Crippen LogP contribution is -2.14. The van der Waals surface area contributed by atoms with E-state index in [1.54, 1.807) is 0 Å². The van der Waals surface area contributed by atoms with Crippen LogP contribution in [-0.4, -0.2) is 39.8 Å². The molecule has 0 aliphatic carbocycles. The zero-order chi connectivity index (χ0) is 12.9. The lowest BCUT2D eigenvalue weighted by atomic mass is 10.5. The molecule has 2 nitrogen and oxygen atoms in total. The fraction of sp³-hybridized carbons (Fsp3) is 1.00. The molecule has 0 aromatic rings. The lowest BCUT2D eigenvalue weighted by molar-refractivity contribution is -0.324. The number of alkyl halides is 6. The van der Waals surface area contributed by atoms with Crippen LogP contribution >= 0.6 is 0 Å². The molecule has 0 fully saturated rings. The Morgan fingerprint density at radius 3 is 1.69 bits per heavy atom. The number of ether oxygens (including phenoxy) is 2. The van der Waals surface area contributed by atoms with Crippen molar-refractivity contribution in [2.75, 3.05) is 33.4 Å². The average molecular weight is 256 g/mol. The van der Waals surface area contributed by atoms with Crippen LogP contribution in [0.1, 0.15) is 12.8 Å². The number of hydrogen-bond donors (Lipinski definition) is 0. The SMILES string of the molecule is FCCCOC(F)(F)F.FCCCOCF. The molecule has 16 heavy (non-hydrogen) atoms. The molecule has 0 aliphatic rings. The first kappa shape index (κ1) is 17.9. The predicted molar refractivity (Wildman–Crippen MR) is 45.1 cm³/mol. The highest BCUT2D eigenvalue weighted by atomic mass is 19.4. The van der Waals surface area contributed by atoms with Crippen molar-refractivity contribution >= 4 is 0 Å². The van der Waals surface area contributed by atoms with Crippen LogP contribution in [0, 0.1) is 0 Å². The summed E-state index contributed by atoms with van der Waals surface area (Å²) in [7, 11) is 0. The normalized spacial score (nSPS) is 10.9. The topological polar surface area (TPSA) is 18.5 Å². The average Bonchev–Trinajstić information content (AvgIpc) is 2.18. The third-order valence-electron chi connectivity index (χ3n) is 1.04. The van der Waals surface area contributed by atoms with Gasteiger partial charge in [-0.1, -0.05) is 0 Å². The summed E-state index contributed by atoms with van der Waals surface area (Å²) in [5.41, 5.74) is 0. The maximum Gasteiger partial charge on any atom is 0.522 e. The van der Waals surface area contributed by atoms with Crippen molar-refractivity contribution in [1.29, 1.82) is 0 Å². The fourth-order valence-electron chi connectivity index (χ4n) is 0.454. The molecule has 100 valence electrons. The molecule has 0 atom stereocenters. The van der Waals surface area contributed by atoms with E-state index in [0.717, 1.165) is 0 Å². The van der Waals surface area contributed by atoms with Gasteiger partial charge in [-0.05, 0) is 12.8 Å². The van der Waals surface area contributed by atoms with E-state index in [-0.39, 0.29) is 13.0 Å². The van der Waals surface area contributed by atoms with Gasteiger partial charge in [0.25, 0.3) is 0 Å². The molecule has 0 rings (SSSR count). The zero-order valence-electron chi connectivity index (χ0n) is 8.53. The smallest absolute Gasteiger partial charge is 0.350 e. The molecule has 0 aliphatic heterocycles. The molecule has 0 aromatic carbocycles. The maximum absolute atomic E-state index is 11.1. The van der Waals surface area contributed by atoms with Gasteiger partial charge >= 0.3 is 6.36 Å². The predicted octanol–water partition coefficient (Wildman–Crippen LogP) is 3.17. The number of hydrogen-bond acceptors (Lipinski definition) is 2. The van der Waals surface area contributed by atoms with Crippen molar-refractivity contribution in [1.82, 2.24) is 0 Å². The molecule has 0 aromatic heterocycles. The van der Waals surface area contributed by atoms with Crippen molar-refractivity contribution in [2.24, 2.45) is 0 Å². The van der Waals surface area contributed by atoms with Gasteiger partial charge in [-0.2, -0.15) is 0 Å². The van der Waals surface area contributed by atoms with E-state index in [4.69, 9.17) is 0 Å². The van der Waals surface area contributed by atoms with Crippen LogP contribution in [-0.2, 0) is 9.47 Å². The molecule has 0 heterocycles. The maximum atomic E-state index is 11.1. The molecule has 0 spiro atoms. The zero-order valence-corrected chi connectivity index (χ0v) is 8.53. The summed E-state index contributed by atoms with van der Waals surface area (Å²) in [5.74, 6) is 0. The molecule has 0 N–H and O–H groups in total. The fourth-order valence-corrected chi connectivity index (χ4v) is 0.454. The van der Waals surface area contributed by atoms with Crippen LogP contribution in [0.3, 0.4) is 0 Å². The second-order valence-electron chi connectivity index (χ2n) is 2.40. The van der Waals surface area contributed by atoms with Gasteiger partial charge < -0.3 is 4.74 Å². The standard InChI is InChI=1S/C4H6F4O.C4H8F2O/c5-2-1-3-9-4(6,7)8;5-2-1-3-7-4-6/h1-3H2;1-4H2. The molecule has 0 unspecified atom stereocenters. The monoisotopic (exact) mass is 256 g/mol. The molecule has 0 saturated carbocycles. The molecule has 8 heteroatoms. The van der Waals surface area contributed by atoms with Crippen LogP contribution in [0.5, 0.6) is 0 Å². The number of rotatable bonds is 7. The van der Waals surface area contributed by atoms with E-state index in [2.05, 4.69) is 9.47 Å². The van der Waals surface area contributed by atoms with Crippen molar-refractivity contribution < 1.29 is 35.8 Å². The molecule has 0 radical (unpaired) electrons. The molecule has 0 bridgehead atoms. The Morgan fingerprint density at radius 1 is 0.812 bits per heavy atom. The summed E-state index contributed by atoms with van der Waals surface area (Å²) in [5, 5.41) is 0. The van der Waals surface area contributed by atoms with Gasteiger partial charge in [-0.3, -0.25) is 13.5 Å². The Labute approximate surface area is 89.5 Å². The summed E-state index contributed by atoms with van der Waals surface area (Å²) < 4.78 is 73.7. The van der Waals surface area contributed by atoms with Gasteiger partial charge in [0.2, 0.25) is 0 Å². The second kappa shape index (κ2) is 12.6. The van der Waals surface area contributed by atoms with E-state index >= 15 is 0 Å². The highest BCUT2D eigenvalue weighted by Crippen LogP contribution is 2.15. The Kier molecular flexibility index (Phi) is 14.0. The van der Waals surface area contributed by atoms with Gasteiger partial charge in [-0.15, -0.1) is 13.2 Å². The summed E-state index contributed by atoms with van der Waals surface area (Å²) >= 11 is 0. The van der Waals surface area contributed by atoms with E-state index in [1.807, 2.05) is 0 Å². The van der Waals surface area contributed by atoms with Crippen LogP contribution in [0.2, 0.25) is 0 Å². The lowest BCUT2D eigenvalue weighted by Gasteiger charge is -2.04. The second-order valence-corrected chi connectivity index (χ2v) is 2.40. The Balaban J connectivity index is 0. The van der Waals surface area contributed by atoms with Gasteiger partial charge in [0.15, 0.2) is 6.86 Å². The quantitative estimate of drug-likeness (QED) is 0.514. The molecular formula is C8H14F6O2.